The molecule has 8 heteroatoms. The zero-order chi connectivity index (χ0) is 17.7. The molecular formula is C16H19F3N2O3. The maximum atomic E-state index is 13.0. The first-order chi connectivity index (χ1) is 11.3. The highest BCUT2D eigenvalue weighted by atomic mass is 19.4. The van der Waals surface area contributed by atoms with E-state index in [2.05, 4.69) is 5.32 Å². The van der Waals surface area contributed by atoms with Crippen molar-refractivity contribution < 1.29 is 27.5 Å². The number of likely N-dealkylation sites (tertiary alicyclic amines) is 1. The van der Waals surface area contributed by atoms with Crippen LogP contribution in [0.1, 0.15) is 35.7 Å². The summed E-state index contributed by atoms with van der Waals surface area (Å²) in [6.07, 6.45) is -4.05. The van der Waals surface area contributed by atoms with Crippen LogP contribution in [0.5, 0.6) is 0 Å². The molecule has 1 aliphatic heterocycles. The van der Waals surface area contributed by atoms with Crippen LogP contribution in [0.15, 0.2) is 24.3 Å². The number of rotatable bonds is 3. The van der Waals surface area contributed by atoms with Gasteiger partial charge >= 0.3 is 12.3 Å². The van der Waals surface area contributed by atoms with Crippen molar-refractivity contribution in [2.45, 2.75) is 32.0 Å². The second kappa shape index (κ2) is 7.55. The lowest BCUT2D eigenvalue weighted by Crippen LogP contribution is -2.46. The fraction of sp³-hybridized carbons (Fsp3) is 0.500. The van der Waals surface area contributed by atoms with Gasteiger partial charge in [-0.1, -0.05) is 12.1 Å². The summed E-state index contributed by atoms with van der Waals surface area (Å²) in [5.41, 5.74) is -1.34. The van der Waals surface area contributed by atoms with Crippen molar-refractivity contribution in [1.82, 2.24) is 10.2 Å². The summed E-state index contributed by atoms with van der Waals surface area (Å²) >= 11 is 0. The summed E-state index contributed by atoms with van der Waals surface area (Å²) in [7, 11) is 0. The van der Waals surface area contributed by atoms with Gasteiger partial charge in [-0.15, -0.1) is 0 Å². The summed E-state index contributed by atoms with van der Waals surface area (Å²) < 4.78 is 43.8. The Morgan fingerprint density at radius 1 is 1.25 bits per heavy atom. The third kappa shape index (κ3) is 4.39. The Balaban J connectivity index is 1.97. The average molecular weight is 344 g/mol. The number of halogens is 3. The van der Waals surface area contributed by atoms with Gasteiger partial charge in [0.2, 0.25) is 0 Å². The number of nitrogens with one attached hydrogen (secondary N) is 1. The van der Waals surface area contributed by atoms with Crippen LogP contribution in [-0.4, -0.2) is 42.6 Å². The van der Waals surface area contributed by atoms with E-state index in [9.17, 15) is 22.8 Å². The van der Waals surface area contributed by atoms with Crippen LogP contribution in [-0.2, 0) is 10.9 Å². The fourth-order valence-electron chi connectivity index (χ4n) is 2.61. The minimum Gasteiger partial charge on any atom is -0.450 e. The molecule has 5 nitrogen and oxygen atoms in total. The molecule has 0 unspecified atom stereocenters. The molecule has 0 aromatic heterocycles. The minimum atomic E-state index is -4.58. The van der Waals surface area contributed by atoms with Gasteiger partial charge in [-0.05, 0) is 31.9 Å². The molecular weight excluding hydrogens is 325 g/mol. The minimum absolute atomic E-state index is 0.274. The molecule has 1 aromatic carbocycles. The Morgan fingerprint density at radius 2 is 1.88 bits per heavy atom. The number of carbonyl (C=O) groups is 2. The van der Waals surface area contributed by atoms with Crippen LogP contribution in [0.2, 0.25) is 0 Å². The summed E-state index contributed by atoms with van der Waals surface area (Å²) in [5, 5.41) is 2.62. The molecule has 132 valence electrons. The van der Waals surface area contributed by atoms with E-state index in [0.717, 1.165) is 12.1 Å². The van der Waals surface area contributed by atoms with E-state index in [-0.39, 0.29) is 12.6 Å². The first kappa shape index (κ1) is 18.1. The maximum Gasteiger partial charge on any atom is 0.417 e. The standard InChI is InChI=1S/C16H19F3N2O3/c1-2-24-15(23)21-9-7-11(8-10-21)20-14(22)12-5-3-4-6-13(12)16(17,18)19/h3-6,11H,2,7-10H2,1H3,(H,20,22). The lowest BCUT2D eigenvalue weighted by molar-refractivity contribution is -0.137. The Bertz CT molecular complexity index is 596. The number of hydrogen-bond acceptors (Lipinski definition) is 3. The van der Waals surface area contributed by atoms with Crippen LogP contribution in [0.25, 0.3) is 0 Å². The van der Waals surface area contributed by atoms with Crippen molar-refractivity contribution in [3.8, 4) is 0 Å². The van der Waals surface area contributed by atoms with Gasteiger partial charge in [0.25, 0.3) is 5.91 Å². The monoisotopic (exact) mass is 344 g/mol. The van der Waals surface area contributed by atoms with Gasteiger partial charge in [0, 0.05) is 19.1 Å². The lowest BCUT2D eigenvalue weighted by Gasteiger charge is -2.31. The van der Waals surface area contributed by atoms with E-state index in [1.165, 1.54) is 17.0 Å². The van der Waals surface area contributed by atoms with Crippen molar-refractivity contribution in [2.75, 3.05) is 19.7 Å². The van der Waals surface area contributed by atoms with Crippen molar-refractivity contribution in [3.05, 3.63) is 35.4 Å². The van der Waals surface area contributed by atoms with Crippen molar-refractivity contribution >= 4 is 12.0 Å². The molecule has 0 radical (unpaired) electrons. The third-order valence-corrected chi connectivity index (χ3v) is 3.83. The molecule has 1 aliphatic rings. The number of benzene rings is 1. The molecule has 0 spiro atoms. The lowest BCUT2D eigenvalue weighted by atomic mass is 10.0. The molecule has 24 heavy (non-hydrogen) atoms. The third-order valence-electron chi connectivity index (χ3n) is 3.83. The summed E-state index contributed by atoms with van der Waals surface area (Å²) in [4.78, 5) is 25.3. The normalized spacial score (nSPS) is 15.9. The molecule has 2 rings (SSSR count). The van der Waals surface area contributed by atoms with Crippen LogP contribution in [0, 0.1) is 0 Å². The van der Waals surface area contributed by atoms with Gasteiger partial charge < -0.3 is 15.0 Å². The molecule has 1 aromatic rings. The number of piperidine rings is 1. The predicted molar refractivity (Wildman–Crippen MR) is 80.5 cm³/mol. The van der Waals surface area contributed by atoms with Gasteiger partial charge in [-0.3, -0.25) is 4.79 Å². The highest BCUT2D eigenvalue weighted by Gasteiger charge is 2.35. The summed E-state index contributed by atoms with van der Waals surface area (Å²) in [6, 6.07) is 4.42. The average Bonchev–Trinajstić information content (AvgIpc) is 2.55. The molecule has 1 N–H and O–H groups in total. The van der Waals surface area contributed by atoms with E-state index in [0.29, 0.717) is 25.9 Å². The van der Waals surface area contributed by atoms with Gasteiger partial charge in [-0.2, -0.15) is 13.2 Å². The van der Waals surface area contributed by atoms with Crippen LogP contribution in [0.3, 0.4) is 0 Å². The van der Waals surface area contributed by atoms with Crippen LogP contribution in [0.4, 0.5) is 18.0 Å². The number of amides is 2. The maximum absolute atomic E-state index is 13.0. The Morgan fingerprint density at radius 3 is 2.46 bits per heavy atom. The van der Waals surface area contributed by atoms with E-state index in [1.54, 1.807) is 6.92 Å². The Labute approximate surface area is 137 Å². The molecule has 1 saturated heterocycles. The number of carbonyl (C=O) groups excluding carboxylic acids is 2. The molecule has 2 amide bonds. The summed E-state index contributed by atoms with van der Waals surface area (Å²) in [6.45, 7) is 2.78. The zero-order valence-electron chi connectivity index (χ0n) is 13.2. The van der Waals surface area contributed by atoms with Crippen molar-refractivity contribution in [1.29, 1.82) is 0 Å². The molecule has 0 bridgehead atoms. The van der Waals surface area contributed by atoms with Gasteiger partial charge in [0.15, 0.2) is 0 Å². The second-order valence-electron chi connectivity index (χ2n) is 5.48. The van der Waals surface area contributed by atoms with E-state index < -0.39 is 29.3 Å². The number of ether oxygens (including phenoxy) is 1. The van der Waals surface area contributed by atoms with Gasteiger partial charge in [0.05, 0.1) is 17.7 Å². The quantitative estimate of drug-likeness (QED) is 0.917. The van der Waals surface area contributed by atoms with Gasteiger partial charge in [-0.25, -0.2) is 4.79 Å². The first-order valence-electron chi connectivity index (χ1n) is 7.71. The predicted octanol–water partition coefficient (Wildman–Crippen LogP) is 3.06. The Hall–Kier alpha value is -2.25. The van der Waals surface area contributed by atoms with E-state index in [1.807, 2.05) is 0 Å². The van der Waals surface area contributed by atoms with Crippen molar-refractivity contribution in [3.63, 3.8) is 0 Å². The van der Waals surface area contributed by atoms with E-state index in [4.69, 9.17) is 4.74 Å². The number of nitrogens with zero attached hydrogens (tertiary/aromatic N) is 1. The second-order valence-corrected chi connectivity index (χ2v) is 5.48. The van der Waals surface area contributed by atoms with Crippen molar-refractivity contribution in [2.24, 2.45) is 0 Å². The smallest absolute Gasteiger partial charge is 0.417 e. The number of hydrogen-bond donors (Lipinski definition) is 1. The zero-order valence-corrected chi connectivity index (χ0v) is 13.2. The Kier molecular flexibility index (Phi) is 5.69. The number of alkyl halides is 3. The van der Waals surface area contributed by atoms with Crippen LogP contribution < -0.4 is 5.32 Å². The first-order valence-corrected chi connectivity index (χ1v) is 7.71. The molecule has 0 atom stereocenters. The highest BCUT2D eigenvalue weighted by Crippen LogP contribution is 2.31. The topological polar surface area (TPSA) is 58.6 Å². The summed E-state index contributed by atoms with van der Waals surface area (Å²) in [5.74, 6) is -0.752. The van der Waals surface area contributed by atoms with E-state index >= 15 is 0 Å². The SMILES string of the molecule is CCOC(=O)N1CCC(NC(=O)c2ccccc2C(F)(F)F)CC1. The fourth-order valence-corrected chi connectivity index (χ4v) is 2.61. The molecule has 0 saturated carbocycles. The largest absolute Gasteiger partial charge is 0.450 e. The highest BCUT2D eigenvalue weighted by molar-refractivity contribution is 5.96. The van der Waals surface area contributed by atoms with Crippen LogP contribution >= 0.6 is 0 Å². The van der Waals surface area contributed by atoms with Gasteiger partial charge in [0.1, 0.15) is 0 Å². The molecule has 0 aliphatic carbocycles. The molecule has 1 heterocycles. The molecule has 1 fully saturated rings.